The third-order valence-electron chi connectivity index (χ3n) is 6.59. The molecule has 1 fully saturated rings. The fourth-order valence-electron chi connectivity index (χ4n) is 4.47. The van der Waals surface area contributed by atoms with Gasteiger partial charge in [0.2, 0.25) is 5.95 Å². The fourth-order valence-corrected chi connectivity index (χ4v) is 5.23. The number of ether oxygens (including phenoxy) is 1. The molecule has 0 spiro atoms. The second-order valence-corrected chi connectivity index (χ2v) is 11.8. The average molecular weight is 576 g/mol. The van der Waals surface area contributed by atoms with Crippen molar-refractivity contribution in [2.24, 2.45) is 5.92 Å². The van der Waals surface area contributed by atoms with E-state index in [1.165, 1.54) is 31.2 Å². The van der Waals surface area contributed by atoms with Gasteiger partial charge in [-0.05, 0) is 30.5 Å². The lowest BCUT2D eigenvalue weighted by Gasteiger charge is -2.44. The molecule has 0 N–H and O–H groups in total. The number of nitrogens with zero attached hydrogens (tertiary/aromatic N) is 5. The standard InChI is InChI=1S/C25H33F4N5O4S/c1-16(2)20-15-33(17-7-8-19(26)21(13-17)39(5,36)37)10-11-34(20)24-30-14-18(22(31-24)25(27,28)29)23(35)32(3)9-6-12-38-4/h7-8,13-14,16,20H,6,9-12,15H2,1-5H3. The SMILES string of the molecule is COCCCN(C)C(=O)c1cnc(N2CCN(c3ccc(F)c(S(C)(=O)=O)c3)CC2C(C)C)nc1C(F)(F)F. The maximum absolute atomic E-state index is 14.1. The molecule has 3 rings (SSSR count). The third kappa shape index (κ3) is 7.15. The average Bonchev–Trinajstić information content (AvgIpc) is 2.86. The molecule has 1 aliphatic rings. The van der Waals surface area contributed by atoms with Gasteiger partial charge in [-0.1, -0.05) is 13.8 Å². The Morgan fingerprint density at radius 3 is 2.54 bits per heavy atom. The molecular formula is C25H33F4N5O4S. The smallest absolute Gasteiger partial charge is 0.385 e. The van der Waals surface area contributed by atoms with E-state index in [0.717, 1.165) is 18.5 Å². The predicted molar refractivity (Wildman–Crippen MR) is 138 cm³/mol. The van der Waals surface area contributed by atoms with Crippen molar-refractivity contribution in [3.05, 3.63) is 41.5 Å². The summed E-state index contributed by atoms with van der Waals surface area (Å²) in [6.45, 7) is 5.17. The molecule has 9 nitrogen and oxygen atoms in total. The van der Waals surface area contributed by atoms with Crippen molar-refractivity contribution in [1.82, 2.24) is 14.9 Å². The largest absolute Gasteiger partial charge is 0.434 e. The number of benzene rings is 1. The van der Waals surface area contributed by atoms with Crippen LogP contribution in [0.3, 0.4) is 0 Å². The van der Waals surface area contributed by atoms with Crippen molar-refractivity contribution in [2.75, 3.05) is 63.0 Å². The monoisotopic (exact) mass is 575 g/mol. The van der Waals surface area contributed by atoms with Crippen molar-refractivity contribution in [1.29, 1.82) is 0 Å². The predicted octanol–water partition coefficient (Wildman–Crippen LogP) is 3.50. The van der Waals surface area contributed by atoms with Crippen LogP contribution in [-0.2, 0) is 20.8 Å². The molecule has 0 bridgehead atoms. The number of alkyl halides is 3. The number of piperazine rings is 1. The van der Waals surface area contributed by atoms with Crippen molar-refractivity contribution in [2.45, 2.75) is 37.4 Å². The summed E-state index contributed by atoms with van der Waals surface area (Å²) in [4.78, 5) is 25.1. The first-order valence-corrected chi connectivity index (χ1v) is 14.2. The number of hydrogen-bond donors (Lipinski definition) is 0. The van der Waals surface area contributed by atoms with Crippen molar-refractivity contribution < 1.29 is 35.5 Å². The van der Waals surface area contributed by atoms with E-state index in [1.807, 2.05) is 18.7 Å². The molecule has 0 aliphatic carbocycles. The lowest BCUT2D eigenvalue weighted by molar-refractivity contribution is -0.141. The summed E-state index contributed by atoms with van der Waals surface area (Å²) in [5, 5.41) is 0. The van der Waals surface area contributed by atoms with Gasteiger partial charge >= 0.3 is 6.18 Å². The summed E-state index contributed by atoms with van der Waals surface area (Å²) < 4.78 is 85.2. The Morgan fingerprint density at radius 1 is 1.26 bits per heavy atom. The van der Waals surface area contributed by atoms with E-state index >= 15 is 0 Å². The first kappa shape index (κ1) is 30.5. The van der Waals surface area contributed by atoms with Gasteiger partial charge in [-0.3, -0.25) is 4.79 Å². The molecule has 1 saturated heterocycles. The van der Waals surface area contributed by atoms with Crippen LogP contribution in [0.15, 0.2) is 29.3 Å². The van der Waals surface area contributed by atoms with Gasteiger partial charge < -0.3 is 19.4 Å². The number of carbonyl (C=O) groups is 1. The molecule has 39 heavy (non-hydrogen) atoms. The van der Waals surface area contributed by atoms with Crippen LogP contribution in [0, 0.1) is 11.7 Å². The molecular weight excluding hydrogens is 542 g/mol. The molecule has 1 atom stereocenters. The van der Waals surface area contributed by atoms with Crippen LogP contribution >= 0.6 is 0 Å². The van der Waals surface area contributed by atoms with Crippen LogP contribution in [-0.4, -0.2) is 88.4 Å². The summed E-state index contributed by atoms with van der Waals surface area (Å²) in [5.41, 5.74) is -1.46. The number of anilines is 2. The van der Waals surface area contributed by atoms with Crippen LogP contribution < -0.4 is 9.80 Å². The zero-order chi connectivity index (χ0) is 29.1. The summed E-state index contributed by atoms with van der Waals surface area (Å²) in [6, 6.07) is 3.46. The molecule has 1 aromatic carbocycles. The van der Waals surface area contributed by atoms with Gasteiger partial charge in [-0.15, -0.1) is 0 Å². The molecule has 0 saturated carbocycles. The molecule has 1 unspecified atom stereocenters. The van der Waals surface area contributed by atoms with Crippen LogP contribution in [0.4, 0.5) is 29.2 Å². The minimum atomic E-state index is -4.89. The Labute approximate surface area is 225 Å². The number of rotatable bonds is 9. The summed E-state index contributed by atoms with van der Waals surface area (Å²) in [7, 11) is -0.897. The van der Waals surface area contributed by atoms with Crippen LogP contribution in [0.5, 0.6) is 0 Å². The molecule has 216 valence electrons. The van der Waals surface area contributed by atoms with E-state index in [1.54, 1.807) is 4.90 Å². The number of amides is 1. The van der Waals surface area contributed by atoms with E-state index in [4.69, 9.17) is 4.74 Å². The number of hydrogen-bond acceptors (Lipinski definition) is 8. The van der Waals surface area contributed by atoms with E-state index in [0.29, 0.717) is 31.8 Å². The molecule has 14 heteroatoms. The zero-order valence-electron chi connectivity index (χ0n) is 22.5. The van der Waals surface area contributed by atoms with Gasteiger partial charge in [0.15, 0.2) is 15.5 Å². The van der Waals surface area contributed by atoms with Crippen LogP contribution in [0.1, 0.15) is 36.3 Å². The van der Waals surface area contributed by atoms with Crippen molar-refractivity contribution >= 4 is 27.4 Å². The molecule has 1 aromatic heterocycles. The van der Waals surface area contributed by atoms with Gasteiger partial charge in [0.1, 0.15) is 10.7 Å². The molecule has 1 amide bonds. The summed E-state index contributed by atoms with van der Waals surface area (Å²) in [6.07, 6.45) is -2.59. The number of carbonyl (C=O) groups excluding carboxylic acids is 1. The van der Waals surface area contributed by atoms with Gasteiger partial charge in [0.25, 0.3) is 5.91 Å². The Balaban J connectivity index is 1.92. The van der Waals surface area contributed by atoms with Crippen LogP contribution in [0.25, 0.3) is 0 Å². The van der Waals surface area contributed by atoms with Crippen LogP contribution in [0.2, 0.25) is 0 Å². The summed E-state index contributed by atoms with van der Waals surface area (Å²) >= 11 is 0. The highest BCUT2D eigenvalue weighted by Gasteiger charge is 2.40. The molecule has 2 heterocycles. The van der Waals surface area contributed by atoms with Gasteiger partial charge in [-0.2, -0.15) is 13.2 Å². The van der Waals surface area contributed by atoms with Crippen molar-refractivity contribution in [3.63, 3.8) is 0 Å². The highest BCUT2D eigenvalue weighted by Crippen LogP contribution is 2.34. The maximum Gasteiger partial charge on any atom is 0.434 e. The Kier molecular flexibility index (Phi) is 9.42. The van der Waals surface area contributed by atoms with Gasteiger partial charge in [0.05, 0.1) is 11.6 Å². The van der Waals surface area contributed by atoms with E-state index in [-0.39, 0.29) is 31.0 Å². The lowest BCUT2D eigenvalue weighted by Crippen LogP contribution is -2.56. The second kappa shape index (κ2) is 12.0. The Bertz CT molecular complexity index is 1290. The molecule has 2 aromatic rings. The number of sulfone groups is 1. The van der Waals surface area contributed by atoms with E-state index in [2.05, 4.69) is 9.97 Å². The first-order chi connectivity index (χ1) is 18.1. The second-order valence-electron chi connectivity index (χ2n) is 9.84. The number of methoxy groups -OCH3 is 1. The Morgan fingerprint density at radius 2 is 1.95 bits per heavy atom. The van der Waals surface area contributed by atoms with Crippen molar-refractivity contribution in [3.8, 4) is 0 Å². The fraction of sp³-hybridized carbons (Fsp3) is 0.560. The zero-order valence-corrected chi connectivity index (χ0v) is 23.3. The number of aromatic nitrogens is 2. The normalized spacial score (nSPS) is 16.6. The van der Waals surface area contributed by atoms with E-state index in [9.17, 15) is 30.8 Å². The third-order valence-corrected chi connectivity index (χ3v) is 7.70. The molecule has 1 aliphatic heterocycles. The highest BCUT2D eigenvalue weighted by molar-refractivity contribution is 7.90. The minimum Gasteiger partial charge on any atom is -0.385 e. The molecule has 0 radical (unpaired) electrons. The maximum atomic E-state index is 14.1. The lowest BCUT2D eigenvalue weighted by atomic mass is 9.99. The highest BCUT2D eigenvalue weighted by atomic mass is 32.2. The minimum absolute atomic E-state index is 0.0613. The number of halogens is 4. The van der Waals surface area contributed by atoms with E-state index < -0.39 is 43.9 Å². The summed E-state index contributed by atoms with van der Waals surface area (Å²) in [5.74, 6) is -1.91. The van der Waals surface area contributed by atoms with Gasteiger partial charge in [0, 0.05) is 65.1 Å². The quantitative estimate of drug-likeness (QED) is 0.331. The first-order valence-electron chi connectivity index (χ1n) is 12.3. The topological polar surface area (TPSA) is 95.9 Å². The Hall–Kier alpha value is -3.00. The van der Waals surface area contributed by atoms with Gasteiger partial charge in [-0.25, -0.2) is 22.8 Å².